The average molecular weight is 330 g/mol. The van der Waals surface area contributed by atoms with Crippen LogP contribution < -0.4 is 10.1 Å². The second-order valence-corrected chi connectivity index (χ2v) is 5.64. The number of imide groups is 1. The summed E-state index contributed by atoms with van der Waals surface area (Å²) in [5.41, 5.74) is 1.18. The molecule has 2 heterocycles. The molecule has 0 spiro atoms. The monoisotopic (exact) mass is 330 g/mol. The minimum absolute atomic E-state index is 0.00262. The Bertz CT molecular complexity index is 700. The molecule has 1 atom stereocenters. The summed E-state index contributed by atoms with van der Waals surface area (Å²) in [6, 6.07) is 4.48. The maximum atomic E-state index is 12.9. The molecule has 1 saturated heterocycles. The molecule has 0 radical (unpaired) electrons. The van der Waals surface area contributed by atoms with Gasteiger partial charge in [-0.15, -0.1) is 0 Å². The fourth-order valence-corrected chi connectivity index (χ4v) is 2.80. The molecule has 0 bridgehead atoms. The molecule has 1 unspecified atom stereocenters. The Morgan fingerprint density at radius 3 is 2.96 bits per heavy atom. The summed E-state index contributed by atoms with van der Waals surface area (Å²) in [5, 5.41) is 2.27. The molecule has 0 saturated carbocycles. The van der Waals surface area contributed by atoms with Crippen LogP contribution in [0.15, 0.2) is 30.9 Å². The van der Waals surface area contributed by atoms with Crippen molar-refractivity contribution in [2.45, 2.75) is 25.5 Å². The molecular weight excluding hydrogens is 312 g/mol. The lowest BCUT2D eigenvalue weighted by atomic mass is 10.0. The summed E-state index contributed by atoms with van der Waals surface area (Å²) in [5.74, 6) is -0.543. The van der Waals surface area contributed by atoms with Gasteiger partial charge in [0.1, 0.15) is 25.1 Å². The van der Waals surface area contributed by atoms with E-state index in [0.717, 1.165) is 5.56 Å². The van der Waals surface area contributed by atoms with E-state index in [9.17, 15) is 14.4 Å². The van der Waals surface area contributed by atoms with Crippen LogP contribution in [0.3, 0.4) is 0 Å². The maximum absolute atomic E-state index is 12.9. The molecule has 1 aromatic carbocycles. The molecule has 7 nitrogen and oxygen atoms in total. The molecule has 3 rings (SSSR count). The van der Waals surface area contributed by atoms with Crippen LogP contribution in [-0.2, 0) is 20.9 Å². The van der Waals surface area contributed by atoms with Crippen molar-refractivity contribution in [1.29, 1.82) is 0 Å². The van der Waals surface area contributed by atoms with Crippen molar-refractivity contribution in [3.8, 4) is 5.75 Å². The van der Waals surface area contributed by atoms with Gasteiger partial charge in [-0.2, -0.15) is 0 Å². The van der Waals surface area contributed by atoms with E-state index in [1.54, 1.807) is 24.3 Å². The number of benzene rings is 1. The molecule has 2 aliphatic rings. The number of carbonyl (C=O) groups excluding carboxylic acids is 3. The largest absolute Gasteiger partial charge is 0.490 e. The van der Waals surface area contributed by atoms with Crippen LogP contribution >= 0.6 is 0 Å². The van der Waals surface area contributed by atoms with Crippen LogP contribution in [-0.4, -0.2) is 42.0 Å². The van der Waals surface area contributed by atoms with E-state index in [1.807, 2.05) is 0 Å². The van der Waals surface area contributed by atoms with Gasteiger partial charge in [0, 0.05) is 12.0 Å². The third-order valence-electron chi connectivity index (χ3n) is 4.01. The minimum atomic E-state index is -0.709. The van der Waals surface area contributed by atoms with Gasteiger partial charge in [0.2, 0.25) is 11.8 Å². The van der Waals surface area contributed by atoms with Gasteiger partial charge in [-0.05, 0) is 24.1 Å². The van der Waals surface area contributed by atoms with E-state index >= 15 is 0 Å². The van der Waals surface area contributed by atoms with E-state index in [2.05, 4.69) is 11.9 Å². The Morgan fingerprint density at radius 1 is 1.38 bits per heavy atom. The highest BCUT2D eigenvalue weighted by Crippen LogP contribution is 2.25. The predicted molar refractivity (Wildman–Crippen MR) is 84.1 cm³/mol. The lowest BCUT2D eigenvalue weighted by Gasteiger charge is -2.31. The molecule has 0 aromatic heterocycles. The van der Waals surface area contributed by atoms with Crippen molar-refractivity contribution in [2.24, 2.45) is 0 Å². The van der Waals surface area contributed by atoms with E-state index in [0.29, 0.717) is 24.3 Å². The molecule has 7 heteroatoms. The Kier molecular flexibility index (Phi) is 4.61. The van der Waals surface area contributed by atoms with Gasteiger partial charge >= 0.3 is 0 Å². The standard InChI is InChI=1S/C17H18N2O5/c1-2-7-24-12-4-3-11-9-23-10-19(17(22)13(11)8-12)14-5-6-15(20)18-16(14)21/h2-4,8,14H,1,5-7,9-10H2,(H,18,20,21). The van der Waals surface area contributed by atoms with Crippen molar-refractivity contribution < 1.29 is 23.9 Å². The van der Waals surface area contributed by atoms with Crippen LogP contribution in [0, 0.1) is 0 Å². The Hall–Kier alpha value is -2.67. The summed E-state index contributed by atoms with van der Waals surface area (Å²) >= 11 is 0. The number of ether oxygens (including phenoxy) is 2. The third-order valence-corrected chi connectivity index (χ3v) is 4.01. The molecule has 0 aliphatic carbocycles. The molecule has 24 heavy (non-hydrogen) atoms. The van der Waals surface area contributed by atoms with Crippen LogP contribution in [0.25, 0.3) is 0 Å². The first-order valence-corrected chi connectivity index (χ1v) is 7.69. The van der Waals surface area contributed by atoms with Gasteiger partial charge in [0.15, 0.2) is 0 Å². The number of carbonyl (C=O) groups is 3. The lowest BCUT2D eigenvalue weighted by Crippen LogP contribution is -2.54. The Balaban J connectivity index is 1.87. The topological polar surface area (TPSA) is 84.9 Å². The fraction of sp³-hybridized carbons (Fsp3) is 0.353. The van der Waals surface area contributed by atoms with E-state index in [1.165, 1.54) is 4.90 Å². The second kappa shape index (κ2) is 6.84. The summed E-state index contributed by atoms with van der Waals surface area (Å²) in [6.45, 7) is 4.20. The third kappa shape index (κ3) is 3.16. The molecule has 1 N–H and O–H groups in total. The van der Waals surface area contributed by atoms with Crippen molar-refractivity contribution in [3.05, 3.63) is 42.0 Å². The highest BCUT2D eigenvalue weighted by molar-refractivity contribution is 6.04. The molecule has 126 valence electrons. The number of fused-ring (bicyclic) bond motifs is 1. The number of hydrogen-bond donors (Lipinski definition) is 1. The van der Waals surface area contributed by atoms with E-state index < -0.39 is 11.9 Å². The van der Waals surface area contributed by atoms with Gasteiger partial charge in [-0.3, -0.25) is 19.7 Å². The first-order valence-electron chi connectivity index (χ1n) is 7.69. The highest BCUT2D eigenvalue weighted by Gasteiger charge is 2.36. The first kappa shape index (κ1) is 16.2. The number of nitrogens with zero attached hydrogens (tertiary/aromatic N) is 1. The van der Waals surface area contributed by atoms with Gasteiger partial charge in [0.05, 0.1) is 6.61 Å². The van der Waals surface area contributed by atoms with E-state index in [4.69, 9.17) is 9.47 Å². The van der Waals surface area contributed by atoms with Crippen molar-refractivity contribution in [3.63, 3.8) is 0 Å². The quantitative estimate of drug-likeness (QED) is 0.657. The summed E-state index contributed by atoms with van der Waals surface area (Å²) in [6.07, 6.45) is 2.11. The van der Waals surface area contributed by atoms with E-state index in [-0.39, 0.29) is 31.6 Å². The van der Waals surface area contributed by atoms with Crippen LogP contribution in [0.5, 0.6) is 5.75 Å². The highest BCUT2D eigenvalue weighted by atomic mass is 16.5. The van der Waals surface area contributed by atoms with Crippen LogP contribution in [0.4, 0.5) is 0 Å². The predicted octanol–water partition coefficient (Wildman–Crippen LogP) is 0.986. The summed E-state index contributed by atoms with van der Waals surface area (Å²) in [7, 11) is 0. The number of rotatable bonds is 4. The lowest BCUT2D eigenvalue weighted by molar-refractivity contribution is -0.138. The normalized spacial score (nSPS) is 20.9. The fourth-order valence-electron chi connectivity index (χ4n) is 2.80. The smallest absolute Gasteiger partial charge is 0.256 e. The molecule has 1 aromatic rings. The summed E-state index contributed by atoms with van der Waals surface area (Å²) < 4.78 is 11.0. The molecule has 3 amide bonds. The zero-order valence-corrected chi connectivity index (χ0v) is 13.1. The molecule has 2 aliphatic heterocycles. The molecule has 1 fully saturated rings. The van der Waals surface area contributed by atoms with Crippen LogP contribution in [0.1, 0.15) is 28.8 Å². The first-order chi connectivity index (χ1) is 11.6. The van der Waals surface area contributed by atoms with Crippen molar-refractivity contribution >= 4 is 17.7 Å². The SMILES string of the molecule is C=CCOc1ccc2c(c1)C(=O)N(C1CCC(=O)NC1=O)COC2. The van der Waals surface area contributed by atoms with Gasteiger partial charge in [0.25, 0.3) is 5.91 Å². The van der Waals surface area contributed by atoms with Gasteiger partial charge < -0.3 is 14.4 Å². The number of nitrogens with one attached hydrogen (secondary N) is 1. The van der Waals surface area contributed by atoms with Crippen LogP contribution in [0.2, 0.25) is 0 Å². The van der Waals surface area contributed by atoms with Gasteiger partial charge in [-0.25, -0.2) is 0 Å². The van der Waals surface area contributed by atoms with Crippen molar-refractivity contribution in [1.82, 2.24) is 10.2 Å². The maximum Gasteiger partial charge on any atom is 0.256 e. The Morgan fingerprint density at radius 2 is 2.21 bits per heavy atom. The zero-order valence-electron chi connectivity index (χ0n) is 13.1. The number of hydrogen-bond acceptors (Lipinski definition) is 5. The minimum Gasteiger partial charge on any atom is -0.490 e. The van der Waals surface area contributed by atoms with Gasteiger partial charge in [-0.1, -0.05) is 18.7 Å². The molecular formula is C17H18N2O5. The number of piperidine rings is 1. The zero-order chi connectivity index (χ0) is 17.1. The van der Waals surface area contributed by atoms with Crippen molar-refractivity contribution in [2.75, 3.05) is 13.3 Å². The second-order valence-electron chi connectivity index (χ2n) is 5.64. The average Bonchev–Trinajstić information content (AvgIpc) is 2.72. The number of amides is 3. The Labute approximate surface area is 139 Å². The summed E-state index contributed by atoms with van der Waals surface area (Å²) in [4.78, 5) is 37.6.